The monoisotopic (exact) mass is 843 g/mol. The van der Waals surface area contributed by atoms with Gasteiger partial charge in [-0.1, -0.05) is 46.6 Å². The third-order valence-corrected chi connectivity index (χ3v) is 13.2. The molecule has 63 heavy (non-hydrogen) atoms. The zero-order chi connectivity index (χ0) is 45.0. The number of benzene rings is 4. The normalized spacial score (nSPS) is 18.4. The lowest BCUT2D eigenvalue weighted by Crippen LogP contribution is -2.31. The second kappa shape index (κ2) is 17.0. The molecular formula is C57H66N2O4. The SMILES string of the molecule is COc1cc2c(cc1-c1c(OC)ccc3c1[nH]c1c4c(c(C)cc13)OC(C)(CC=C(C)CCC=C(C)C)C=C4)c1cc(C)c3c(c1n2C)C=CC(C)(CC=C(C)CCC=C(C)C)O3. The topological polar surface area (TPSA) is 57.6 Å². The molecule has 4 heterocycles. The molecular weight excluding hydrogens is 777 g/mol. The molecule has 6 nitrogen and oxygen atoms in total. The minimum Gasteiger partial charge on any atom is -0.496 e. The number of fused-ring (bicyclic) bond motifs is 10. The van der Waals surface area contributed by atoms with Crippen molar-refractivity contribution in [1.82, 2.24) is 9.55 Å². The van der Waals surface area contributed by atoms with Crippen LogP contribution in [0.4, 0.5) is 0 Å². The molecule has 2 aromatic heterocycles. The fraction of sp³-hybridized carbons (Fsp3) is 0.368. The summed E-state index contributed by atoms with van der Waals surface area (Å²) in [5, 5.41) is 4.59. The Morgan fingerprint density at radius 1 is 0.651 bits per heavy atom. The Morgan fingerprint density at radius 2 is 1.21 bits per heavy atom. The second-order valence-corrected chi connectivity index (χ2v) is 19.2. The summed E-state index contributed by atoms with van der Waals surface area (Å²) in [5.74, 6) is 3.42. The largest absolute Gasteiger partial charge is 0.496 e. The second-order valence-electron chi connectivity index (χ2n) is 19.2. The van der Waals surface area contributed by atoms with Crippen LogP contribution < -0.4 is 18.9 Å². The number of hydrogen-bond donors (Lipinski definition) is 1. The molecule has 0 fully saturated rings. The Morgan fingerprint density at radius 3 is 1.78 bits per heavy atom. The quantitative estimate of drug-likeness (QED) is 0.118. The van der Waals surface area contributed by atoms with Gasteiger partial charge in [-0.3, -0.25) is 0 Å². The fourth-order valence-electron chi connectivity index (χ4n) is 9.59. The Hall–Kier alpha value is -5.88. The Balaban J connectivity index is 1.20. The van der Waals surface area contributed by atoms with Gasteiger partial charge >= 0.3 is 0 Å². The summed E-state index contributed by atoms with van der Waals surface area (Å²) >= 11 is 0. The van der Waals surface area contributed by atoms with E-state index >= 15 is 0 Å². The first-order valence-corrected chi connectivity index (χ1v) is 22.7. The summed E-state index contributed by atoms with van der Waals surface area (Å²) in [6.45, 7) is 21.8. The molecule has 2 aliphatic rings. The summed E-state index contributed by atoms with van der Waals surface area (Å²) in [4.78, 5) is 3.89. The fourth-order valence-corrected chi connectivity index (χ4v) is 9.59. The van der Waals surface area contributed by atoms with E-state index in [-0.39, 0.29) is 0 Å². The number of aryl methyl sites for hydroxylation is 3. The summed E-state index contributed by atoms with van der Waals surface area (Å²) in [6.07, 6.45) is 24.2. The highest BCUT2D eigenvalue weighted by molar-refractivity contribution is 6.18. The minimum atomic E-state index is -0.439. The minimum absolute atomic E-state index is 0.431. The molecule has 6 heteroatoms. The van der Waals surface area contributed by atoms with E-state index in [9.17, 15) is 0 Å². The number of allylic oxidation sites excluding steroid dienone is 6. The van der Waals surface area contributed by atoms with Crippen LogP contribution in [0.3, 0.4) is 0 Å². The predicted octanol–water partition coefficient (Wildman–Crippen LogP) is 15.8. The maximum atomic E-state index is 6.93. The molecule has 328 valence electrons. The van der Waals surface area contributed by atoms with Gasteiger partial charge in [-0.15, -0.1) is 0 Å². The first kappa shape index (κ1) is 43.8. The van der Waals surface area contributed by atoms with Crippen molar-refractivity contribution in [2.24, 2.45) is 7.05 Å². The van der Waals surface area contributed by atoms with Crippen molar-refractivity contribution < 1.29 is 18.9 Å². The van der Waals surface area contributed by atoms with E-state index < -0.39 is 11.2 Å². The number of nitrogens with one attached hydrogen (secondary N) is 1. The average Bonchev–Trinajstić information content (AvgIpc) is 3.75. The number of hydrogen-bond acceptors (Lipinski definition) is 4. The zero-order valence-corrected chi connectivity index (χ0v) is 39.9. The smallest absolute Gasteiger partial charge is 0.132 e. The van der Waals surface area contributed by atoms with Crippen LogP contribution in [0, 0.1) is 13.8 Å². The number of rotatable bonds is 13. The first-order chi connectivity index (χ1) is 30.0. The van der Waals surface area contributed by atoms with Crippen LogP contribution in [0.25, 0.3) is 66.9 Å². The molecule has 4 aromatic carbocycles. The predicted molar refractivity (Wildman–Crippen MR) is 268 cm³/mol. The van der Waals surface area contributed by atoms with Crippen molar-refractivity contribution in [3.63, 3.8) is 0 Å². The number of H-pyrrole nitrogens is 1. The Labute approximate surface area is 374 Å². The number of aromatic amines is 1. The van der Waals surface area contributed by atoms with Crippen LogP contribution >= 0.6 is 0 Å². The molecule has 8 rings (SSSR count). The van der Waals surface area contributed by atoms with Crippen molar-refractivity contribution in [3.8, 4) is 34.1 Å². The van der Waals surface area contributed by atoms with Crippen molar-refractivity contribution in [2.45, 2.75) is 119 Å². The summed E-state index contributed by atoms with van der Waals surface area (Å²) in [6, 6.07) is 13.3. The van der Waals surface area contributed by atoms with E-state index in [1.165, 1.54) is 27.7 Å². The van der Waals surface area contributed by atoms with E-state index in [1.807, 2.05) is 0 Å². The molecule has 1 N–H and O–H groups in total. The maximum absolute atomic E-state index is 6.93. The van der Waals surface area contributed by atoms with Crippen LogP contribution in [0.5, 0.6) is 23.0 Å². The van der Waals surface area contributed by atoms with E-state index in [1.54, 1.807) is 14.2 Å². The van der Waals surface area contributed by atoms with E-state index in [0.717, 1.165) is 133 Å². The van der Waals surface area contributed by atoms with Crippen LogP contribution in [0.2, 0.25) is 0 Å². The summed E-state index contributed by atoms with van der Waals surface area (Å²) in [7, 11) is 5.65. The van der Waals surface area contributed by atoms with Gasteiger partial charge < -0.3 is 28.5 Å². The highest BCUT2D eigenvalue weighted by atomic mass is 16.5. The lowest BCUT2D eigenvalue weighted by molar-refractivity contribution is 0.139. The molecule has 0 saturated carbocycles. The van der Waals surface area contributed by atoms with Gasteiger partial charge in [-0.25, -0.2) is 0 Å². The van der Waals surface area contributed by atoms with Crippen molar-refractivity contribution in [3.05, 3.63) is 117 Å². The third-order valence-electron chi connectivity index (χ3n) is 13.2. The Kier molecular flexibility index (Phi) is 11.8. The number of ether oxygens (including phenoxy) is 4. The summed E-state index contributed by atoms with van der Waals surface area (Å²) < 4.78 is 28.6. The van der Waals surface area contributed by atoms with Crippen LogP contribution in [-0.2, 0) is 7.05 Å². The van der Waals surface area contributed by atoms with Crippen LogP contribution in [0.15, 0.2) is 95.1 Å². The average molecular weight is 843 g/mol. The molecule has 0 amide bonds. The van der Waals surface area contributed by atoms with Crippen LogP contribution in [-0.4, -0.2) is 35.0 Å². The number of methoxy groups -OCH3 is 2. The zero-order valence-electron chi connectivity index (χ0n) is 39.9. The van der Waals surface area contributed by atoms with E-state index in [2.05, 4.69) is 171 Å². The standard InChI is InChI=1S/C57H66N2O4/c1-34(2)16-14-18-36(5)22-26-56(9)28-24-41-51-44(30-38(7)54(41)62-56)40-20-21-48(60-12)50(52(40)58-51)46-32-43-45-31-39(8)55-42(53(45)59(11)47(43)33-49(46)61-13)25-29-57(10,63-55)27-23-37(6)19-15-17-35(3)4/h16-17,20-25,28-33,58H,14-15,18-19,26-27H2,1-13H3. The first-order valence-electron chi connectivity index (χ1n) is 22.7. The molecule has 0 aliphatic carbocycles. The molecule has 2 atom stereocenters. The lowest BCUT2D eigenvalue weighted by Gasteiger charge is -2.32. The molecule has 0 radical (unpaired) electrons. The van der Waals surface area contributed by atoms with Gasteiger partial charge in [0, 0.05) is 64.2 Å². The van der Waals surface area contributed by atoms with E-state index in [0.29, 0.717) is 0 Å². The van der Waals surface area contributed by atoms with Crippen molar-refractivity contribution >= 4 is 55.8 Å². The number of nitrogens with zero attached hydrogens (tertiary/aromatic N) is 1. The highest BCUT2D eigenvalue weighted by Crippen LogP contribution is 2.50. The maximum Gasteiger partial charge on any atom is 0.132 e. The van der Waals surface area contributed by atoms with Crippen LogP contribution in [0.1, 0.15) is 116 Å². The van der Waals surface area contributed by atoms with E-state index in [4.69, 9.17) is 18.9 Å². The molecule has 6 aromatic rings. The molecule has 2 unspecified atom stereocenters. The molecule has 0 spiro atoms. The van der Waals surface area contributed by atoms with Gasteiger partial charge in [0.1, 0.15) is 34.2 Å². The van der Waals surface area contributed by atoms with Gasteiger partial charge in [0.25, 0.3) is 0 Å². The van der Waals surface area contributed by atoms with Gasteiger partial charge in [-0.05, 0) is 161 Å². The van der Waals surface area contributed by atoms with Gasteiger partial charge in [0.15, 0.2) is 0 Å². The van der Waals surface area contributed by atoms with Gasteiger partial charge in [-0.2, -0.15) is 0 Å². The van der Waals surface area contributed by atoms with Gasteiger partial charge in [0.2, 0.25) is 0 Å². The highest BCUT2D eigenvalue weighted by Gasteiger charge is 2.32. The molecule has 0 bridgehead atoms. The van der Waals surface area contributed by atoms with Gasteiger partial charge in [0.05, 0.1) is 41.8 Å². The summed E-state index contributed by atoms with van der Waals surface area (Å²) in [5.41, 5.74) is 15.3. The third kappa shape index (κ3) is 8.25. The molecule has 2 aliphatic heterocycles. The lowest BCUT2D eigenvalue weighted by atomic mass is 9.92. The van der Waals surface area contributed by atoms with Crippen molar-refractivity contribution in [2.75, 3.05) is 14.2 Å². The van der Waals surface area contributed by atoms with Crippen molar-refractivity contribution in [1.29, 1.82) is 0 Å². The number of aromatic nitrogens is 2. The Bertz CT molecular complexity index is 2990. The molecule has 0 saturated heterocycles.